The first-order valence-corrected chi connectivity index (χ1v) is 9.53. The normalized spacial score (nSPS) is 11.2. The molecule has 2 aromatic heterocycles. The van der Waals surface area contributed by atoms with Gasteiger partial charge < -0.3 is 19.0 Å². The summed E-state index contributed by atoms with van der Waals surface area (Å²) in [7, 11) is 1.73. The third kappa shape index (κ3) is 3.43. The molecule has 2 heterocycles. The lowest BCUT2D eigenvalue weighted by Crippen LogP contribution is -2.18. The summed E-state index contributed by atoms with van der Waals surface area (Å²) in [6.07, 6.45) is 0. The fourth-order valence-corrected chi connectivity index (χ4v) is 3.60. The van der Waals surface area contributed by atoms with E-state index in [2.05, 4.69) is 4.98 Å². The summed E-state index contributed by atoms with van der Waals surface area (Å²) in [5, 5.41) is 1.33. The van der Waals surface area contributed by atoms with E-state index in [4.69, 9.17) is 9.47 Å². The fourth-order valence-electron chi connectivity index (χ4n) is 3.60. The number of carbonyl (C=O) groups excluding carboxylic acids is 1. The number of ether oxygens (including phenoxy) is 2. The first-order chi connectivity index (χ1) is 14.1. The SMILES string of the molecule is CCOC(=O)c1[nH]c2c(c1COCc1ccccc1)c(=O)n(C)c1ccccc21. The topological polar surface area (TPSA) is 73.3 Å². The average Bonchev–Trinajstić information content (AvgIpc) is 3.13. The zero-order chi connectivity index (χ0) is 20.4. The number of aromatic amines is 1. The number of para-hydroxylation sites is 1. The average molecular weight is 390 g/mol. The number of hydrogen-bond donors (Lipinski definition) is 1. The van der Waals surface area contributed by atoms with Crippen molar-refractivity contribution in [1.29, 1.82) is 0 Å². The highest BCUT2D eigenvalue weighted by atomic mass is 16.5. The van der Waals surface area contributed by atoms with Crippen LogP contribution in [0.15, 0.2) is 59.4 Å². The van der Waals surface area contributed by atoms with Gasteiger partial charge in [0, 0.05) is 18.0 Å². The van der Waals surface area contributed by atoms with E-state index >= 15 is 0 Å². The number of pyridine rings is 1. The van der Waals surface area contributed by atoms with Crippen LogP contribution in [0, 0.1) is 0 Å². The Kier molecular flexibility index (Phi) is 5.18. The lowest BCUT2D eigenvalue weighted by molar-refractivity contribution is 0.0511. The van der Waals surface area contributed by atoms with E-state index in [1.54, 1.807) is 18.5 Å². The van der Waals surface area contributed by atoms with Gasteiger partial charge in [-0.3, -0.25) is 4.79 Å². The van der Waals surface area contributed by atoms with Gasteiger partial charge in [-0.15, -0.1) is 0 Å². The molecule has 0 atom stereocenters. The van der Waals surface area contributed by atoms with Gasteiger partial charge in [0.05, 0.1) is 36.2 Å². The molecule has 0 unspecified atom stereocenters. The van der Waals surface area contributed by atoms with Gasteiger partial charge >= 0.3 is 5.97 Å². The molecule has 4 aromatic rings. The summed E-state index contributed by atoms with van der Waals surface area (Å²) in [5.74, 6) is -0.492. The van der Waals surface area contributed by atoms with Gasteiger partial charge in [0.2, 0.25) is 0 Å². The standard InChI is InChI=1S/C23H22N2O4/c1-3-29-23(27)21-17(14-28-13-15-9-5-4-6-10-15)19-20(24-21)16-11-7-8-12-18(16)25(2)22(19)26/h4-12,24H,3,13-14H2,1-2H3. The zero-order valence-corrected chi connectivity index (χ0v) is 16.4. The molecule has 0 aliphatic heterocycles. The summed E-state index contributed by atoms with van der Waals surface area (Å²) in [6.45, 7) is 2.50. The monoisotopic (exact) mass is 390 g/mol. The van der Waals surface area contributed by atoms with E-state index in [0.717, 1.165) is 16.5 Å². The van der Waals surface area contributed by atoms with Gasteiger partial charge in [-0.2, -0.15) is 0 Å². The number of hydrogen-bond acceptors (Lipinski definition) is 4. The van der Waals surface area contributed by atoms with Gasteiger partial charge in [0.15, 0.2) is 0 Å². The molecule has 0 radical (unpaired) electrons. The van der Waals surface area contributed by atoms with Gasteiger partial charge in [-0.25, -0.2) is 4.79 Å². The van der Waals surface area contributed by atoms with E-state index < -0.39 is 5.97 Å². The van der Waals surface area contributed by atoms with E-state index in [-0.39, 0.29) is 24.5 Å². The largest absolute Gasteiger partial charge is 0.461 e. The van der Waals surface area contributed by atoms with Crippen LogP contribution >= 0.6 is 0 Å². The number of fused-ring (bicyclic) bond motifs is 3. The number of esters is 1. The number of nitrogens with one attached hydrogen (secondary N) is 1. The van der Waals surface area contributed by atoms with E-state index in [1.165, 1.54) is 0 Å². The maximum atomic E-state index is 13.1. The van der Waals surface area contributed by atoms with Crippen LogP contribution in [-0.2, 0) is 29.7 Å². The second-order valence-corrected chi connectivity index (χ2v) is 6.81. The minimum atomic E-state index is -0.492. The molecular weight excluding hydrogens is 368 g/mol. The van der Waals surface area contributed by atoms with Crippen LogP contribution in [0.3, 0.4) is 0 Å². The Balaban J connectivity index is 1.84. The van der Waals surface area contributed by atoms with Crippen molar-refractivity contribution in [1.82, 2.24) is 9.55 Å². The molecule has 148 valence electrons. The molecule has 0 saturated heterocycles. The van der Waals surface area contributed by atoms with Crippen LogP contribution in [-0.4, -0.2) is 22.1 Å². The highest BCUT2D eigenvalue weighted by Gasteiger charge is 2.23. The molecule has 29 heavy (non-hydrogen) atoms. The number of rotatable bonds is 6. The maximum Gasteiger partial charge on any atom is 0.355 e. The number of benzene rings is 2. The summed E-state index contributed by atoms with van der Waals surface area (Å²) in [5.41, 5.74) is 3.06. The highest BCUT2D eigenvalue weighted by molar-refractivity contribution is 6.08. The highest BCUT2D eigenvalue weighted by Crippen LogP contribution is 2.28. The fraction of sp³-hybridized carbons (Fsp3) is 0.217. The first kappa shape index (κ1) is 19.0. The smallest absolute Gasteiger partial charge is 0.355 e. The Hall–Kier alpha value is -3.38. The predicted molar refractivity (Wildman–Crippen MR) is 112 cm³/mol. The number of aryl methyl sites for hydroxylation is 1. The summed E-state index contributed by atoms with van der Waals surface area (Å²) >= 11 is 0. The minimum Gasteiger partial charge on any atom is -0.461 e. The minimum absolute atomic E-state index is 0.122. The van der Waals surface area contributed by atoms with Crippen molar-refractivity contribution in [2.24, 2.45) is 7.05 Å². The van der Waals surface area contributed by atoms with Crippen molar-refractivity contribution in [2.45, 2.75) is 20.1 Å². The molecule has 0 fully saturated rings. The van der Waals surface area contributed by atoms with Crippen molar-refractivity contribution in [3.8, 4) is 0 Å². The molecule has 0 bridgehead atoms. The quantitative estimate of drug-likeness (QED) is 0.507. The molecule has 0 saturated carbocycles. The molecule has 4 rings (SSSR count). The van der Waals surface area contributed by atoms with Crippen molar-refractivity contribution < 1.29 is 14.3 Å². The Labute approximate surface area is 167 Å². The predicted octanol–water partition coefficient (Wildman–Crippen LogP) is 3.91. The molecule has 6 nitrogen and oxygen atoms in total. The van der Waals surface area contributed by atoms with Gasteiger partial charge in [0.25, 0.3) is 5.56 Å². The Morgan fingerprint density at radius 3 is 2.52 bits per heavy atom. The first-order valence-electron chi connectivity index (χ1n) is 9.53. The van der Waals surface area contributed by atoms with Crippen molar-refractivity contribution in [2.75, 3.05) is 6.61 Å². The number of nitrogens with zero attached hydrogens (tertiary/aromatic N) is 1. The van der Waals surface area contributed by atoms with Crippen LogP contribution in [0.4, 0.5) is 0 Å². The molecule has 0 spiro atoms. The van der Waals surface area contributed by atoms with E-state index in [0.29, 0.717) is 23.1 Å². The Bertz CT molecular complexity index is 1240. The van der Waals surface area contributed by atoms with Gasteiger partial charge in [-0.1, -0.05) is 48.5 Å². The summed E-state index contributed by atoms with van der Waals surface area (Å²) < 4.78 is 12.7. The van der Waals surface area contributed by atoms with Crippen LogP contribution in [0.1, 0.15) is 28.5 Å². The van der Waals surface area contributed by atoms with Crippen LogP contribution in [0.5, 0.6) is 0 Å². The maximum absolute atomic E-state index is 13.1. The molecule has 1 N–H and O–H groups in total. The third-order valence-electron chi connectivity index (χ3n) is 4.99. The number of aromatic nitrogens is 2. The van der Waals surface area contributed by atoms with Crippen LogP contribution < -0.4 is 5.56 Å². The third-order valence-corrected chi connectivity index (χ3v) is 4.99. The lowest BCUT2D eigenvalue weighted by Gasteiger charge is -2.08. The lowest BCUT2D eigenvalue weighted by atomic mass is 10.1. The zero-order valence-electron chi connectivity index (χ0n) is 16.4. The summed E-state index contributed by atoms with van der Waals surface area (Å²) in [4.78, 5) is 28.8. The second-order valence-electron chi connectivity index (χ2n) is 6.81. The number of H-pyrrole nitrogens is 1. The Morgan fingerprint density at radius 1 is 1.03 bits per heavy atom. The van der Waals surface area contributed by atoms with E-state index in [9.17, 15) is 9.59 Å². The van der Waals surface area contributed by atoms with Crippen molar-refractivity contribution in [3.05, 3.63) is 81.8 Å². The molecular formula is C23H22N2O4. The van der Waals surface area contributed by atoms with Crippen molar-refractivity contribution >= 4 is 27.8 Å². The van der Waals surface area contributed by atoms with Crippen LogP contribution in [0.25, 0.3) is 21.8 Å². The molecule has 0 aliphatic carbocycles. The molecule has 0 aliphatic rings. The summed E-state index contributed by atoms with van der Waals surface area (Å²) in [6, 6.07) is 17.4. The molecule has 2 aromatic carbocycles. The van der Waals surface area contributed by atoms with Crippen LogP contribution in [0.2, 0.25) is 0 Å². The molecule has 6 heteroatoms. The van der Waals surface area contributed by atoms with Gasteiger partial charge in [0.1, 0.15) is 5.69 Å². The number of carbonyl (C=O) groups is 1. The van der Waals surface area contributed by atoms with Crippen molar-refractivity contribution in [3.63, 3.8) is 0 Å². The molecule has 0 amide bonds. The Morgan fingerprint density at radius 2 is 1.76 bits per heavy atom. The van der Waals surface area contributed by atoms with E-state index in [1.807, 2.05) is 54.6 Å². The van der Waals surface area contributed by atoms with Gasteiger partial charge in [-0.05, 0) is 18.6 Å². The second kappa shape index (κ2) is 7.93.